The maximum absolute atomic E-state index is 12.9. The Morgan fingerprint density at radius 2 is 1.84 bits per heavy atom. The van der Waals surface area contributed by atoms with Crippen molar-refractivity contribution in [3.63, 3.8) is 0 Å². The molecule has 1 aliphatic rings. The van der Waals surface area contributed by atoms with Crippen molar-refractivity contribution in [2.24, 2.45) is 0 Å². The van der Waals surface area contributed by atoms with Crippen molar-refractivity contribution in [2.75, 3.05) is 11.9 Å². The molecular weight excluding hydrogens is 558 g/mol. The number of hydrogen-bond donors (Lipinski definition) is 2. The van der Waals surface area contributed by atoms with Crippen molar-refractivity contribution in [1.29, 1.82) is 0 Å². The lowest BCUT2D eigenvalue weighted by Gasteiger charge is -2.28. The molecule has 0 radical (unpaired) electrons. The topological polar surface area (TPSA) is 62.2 Å². The van der Waals surface area contributed by atoms with Gasteiger partial charge in [0.05, 0.1) is 17.8 Å². The van der Waals surface area contributed by atoms with Gasteiger partial charge >= 0.3 is 0 Å². The molecular formula is C30H30BrN5OS. The molecule has 2 aromatic carbocycles. The first kappa shape index (κ1) is 26.1. The van der Waals surface area contributed by atoms with Crippen LogP contribution in [0, 0.1) is 20.8 Å². The third kappa shape index (κ3) is 5.37. The predicted octanol–water partition coefficient (Wildman–Crippen LogP) is 6.56. The monoisotopic (exact) mass is 587 g/mol. The molecule has 2 aromatic heterocycles. The van der Waals surface area contributed by atoms with E-state index in [0.717, 1.165) is 44.1 Å². The summed E-state index contributed by atoms with van der Waals surface area (Å²) in [7, 11) is 0. The molecule has 0 unspecified atom stereocenters. The second-order valence-electron chi connectivity index (χ2n) is 9.63. The summed E-state index contributed by atoms with van der Waals surface area (Å²) < 4.78 is 3.29. The van der Waals surface area contributed by atoms with Gasteiger partial charge in [-0.25, -0.2) is 0 Å². The molecule has 2 N–H and O–H groups in total. The standard InChI is InChI=1S/C30H30BrN5OS/c1-19-10-12-23(13-11-19)33-27(37)14-16-35-29(28(34-30(35)38)26-9-4-5-15-32-26)25-17-20(2)36(21(25)3)24-8-6-7-22(31)18-24/h4-13,15,17-18,28-29H,14,16H2,1-3H3,(H,33,37)(H,34,38)/t28-,29+/m1/s1. The molecule has 6 nitrogen and oxygen atoms in total. The Labute approximate surface area is 237 Å². The fourth-order valence-corrected chi connectivity index (χ4v) is 5.89. The van der Waals surface area contributed by atoms with Gasteiger partial charge in [-0.2, -0.15) is 0 Å². The van der Waals surface area contributed by atoms with Gasteiger partial charge in [0.25, 0.3) is 0 Å². The molecule has 8 heteroatoms. The van der Waals surface area contributed by atoms with Crippen LogP contribution in [-0.2, 0) is 4.79 Å². The number of aryl methyl sites for hydroxylation is 2. The zero-order chi connectivity index (χ0) is 26.8. The van der Waals surface area contributed by atoms with E-state index < -0.39 is 0 Å². The lowest BCUT2D eigenvalue weighted by molar-refractivity contribution is -0.116. The Hall–Kier alpha value is -3.49. The van der Waals surface area contributed by atoms with Gasteiger partial charge in [-0.15, -0.1) is 0 Å². The van der Waals surface area contributed by atoms with Gasteiger partial charge in [-0.1, -0.05) is 45.8 Å². The van der Waals surface area contributed by atoms with Crippen molar-refractivity contribution in [3.05, 3.63) is 112 Å². The molecule has 1 saturated heterocycles. The molecule has 0 spiro atoms. The molecule has 1 fully saturated rings. The number of halogens is 1. The maximum atomic E-state index is 12.9. The second-order valence-corrected chi connectivity index (χ2v) is 10.9. The smallest absolute Gasteiger partial charge is 0.226 e. The lowest BCUT2D eigenvalue weighted by atomic mass is 9.96. The Bertz CT molecular complexity index is 1470. The zero-order valence-corrected chi connectivity index (χ0v) is 24.0. The van der Waals surface area contributed by atoms with E-state index in [1.54, 1.807) is 6.20 Å². The van der Waals surface area contributed by atoms with Crippen molar-refractivity contribution in [3.8, 4) is 5.69 Å². The highest BCUT2D eigenvalue weighted by atomic mass is 79.9. The summed E-state index contributed by atoms with van der Waals surface area (Å²) in [5.41, 5.74) is 7.37. The van der Waals surface area contributed by atoms with E-state index in [4.69, 9.17) is 12.2 Å². The number of rotatable bonds is 7. The highest BCUT2D eigenvalue weighted by Gasteiger charge is 2.41. The first-order chi connectivity index (χ1) is 18.3. The van der Waals surface area contributed by atoms with Gasteiger partial charge in [0, 0.05) is 46.4 Å². The quantitative estimate of drug-likeness (QED) is 0.240. The number of pyridine rings is 1. The van der Waals surface area contributed by atoms with Crippen molar-refractivity contribution >= 4 is 44.9 Å². The molecule has 4 aromatic rings. The van der Waals surface area contributed by atoms with E-state index in [0.29, 0.717) is 18.1 Å². The summed E-state index contributed by atoms with van der Waals surface area (Å²) in [6, 6.07) is 24.0. The van der Waals surface area contributed by atoms with Crippen LogP contribution < -0.4 is 10.6 Å². The first-order valence-corrected chi connectivity index (χ1v) is 13.8. The second kappa shape index (κ2) is 11.1. The number of carbonyl (C=O) groups excluding carboxylic acids is 1. The molecule has 2 atom stereocenters. The Kier molecular flexibility index (Phi) is 7.63. The molecule has 0 saturated carbocycles. The van der Waals surface area contributed by atoms with Gasteiger partial charge < -0.3 is 20.1 Å². The number of anilines is 1. The van der Waals surface area contributed by atoms with E-state index in [9.17, 15) is 4.79 Å². The molecule has 3 heterocycles. The van der Waals surface area contributed by atoms with Crippen LogP contribution in [0.4, 0.5) is 5.69 Å². The first-order valence-electron chi connectivity index (χ1n) is 12.6. The zero-order valence-electron chi connectivity index (χ0n) is 21.6. The van der Waals surface area contributed by atoms with E-state index in [2.05, 4.69) is 73.1 Å². The molecule has 0 bridgehead atoms. The fraction of sp³-hybridized carbons (Fsp3) is 0.233. The summed E-state index contributed by atoms with van der Waals surface area (Å²) >= 11 is 9.43. The number of amides is 1. The fourth-order valence-electron chi connectivity index (χ4n) is 5.17. The summed E-state index contributed by atoms with van der Waals surface area (Å²) in [5, 5.41) is 7.13. The molecule has 38 heavy (non-hydrogen) atoms. The van der Waals surface area contributed by atoms with Crippen molar-refractivity contribution < 1.29 is 4.79 Å². The summed E-state index contributed by atoms with van der Waals surface area (Å²) in [4.78, 5) is 19.7. The van der Waals surface area contributed by atoms with Crippen LogP contribution >= 0.6 is 28.1 Å². The molecule has 1 aliphatic heterocycles. The van der Waals surface area contributed by atoms with Crippen LogP contribution in [0.25, 0.3) is 5.69 Å². The highest BCUT2D eigenvalue weighted by Crippen LogP contribution is 2.41. The number of nitrogens with one attached hydrogen (secondary N) is 2. The van der Waals surface area contributed by atoms with Crippen LogP contribution in [0.3, 0.4) is 0 Å². The molecule has 1 amide bonds. The Morgan fingerprint density at radius 1 is 1.05 bits per heavy atom. The SMILES string of the molecule is Cc1ccc(NC(=O)CCN2C(=S)N[C@H](c3ccccn3)[C@@H]2c2cc(C)n(-c3cccc(Br)c3)c2C)cc1. The van der Waals surface area contributed by atoms with E-state index >= 15 is 0 Å². The predicted molar refractivity (Wildman–Crippen MR) is 160 cm³/mol. The Morgan fingerprint density at radius 3 is 2.55 bits per heavy atom. The van der Waals surface area contributed by atoms with Gasteiger partial charge in [0.1, 0.15) is 0 Å². The number of thiocarbonyl (C=S) groups is 1. The minimum absolute atomic E-state index is 0.0451. The number of hydrogen-bond acceptors (Lipinski definition) is 3. The van der Waals surface area contributed by atoms with Crippen molar-refractivity contribution in [2.45, 2.75) is 39.3 Å². The van der Waals surface area contributed by atoms with Crippen LogP contribution in [0.2, 0.25) is 0 Å². The highest BCUT2D eigenvalue weighted by molar-refractivity contribution is 9.10. The van der Waals surface area contributed by atoms with Gasteiger partial charge in [0.15, 0.2) is 5.11 Å². The average molecular weight is 589 g/mol. The molecule has 5 rings (SSSR count). The van der Waals surface area contributed by atoms with E-state index in [-0.39, 0.29) is 18.0 Å². The normalized spacial score (nSPS) is 16.9. The van der Waals surface area contributed by atoms with Gasteiger partial charge in [-0.3, -0.25) is 9.78 Å². The van der Waals surface area contributed by atoms with E-state index in [1.165, 1.54) is 0 Å². The summed E-state index contributed by atoms with van der Waals surface area (Å²) in [6.45, 7) is 6.77. The summed E-state index contributed by atoms with van der Waals surface area (Å²) in [5.74, 6) is -0.0451. The van der Waals surface area contributed by atoms with E-state index in [1.807, 2.05) is 61.5 Å². The molecule has 194 valence electrons. The Balaban J connectivity index is 1.46. The largest absolute Gasteiger partial charge is 0.352 e. The van der Waals surface area contributed by atoms with Crippen LogP contribution in [0.1, 0.15) is 46.7 Å². The number of carbonyl (C=O) groups is 1. The third-order valence-electron chi connectivity index (χ3n) is 6.97. The van der Waals surface area contributed by atoms with Crippen molar-refractivity contribution in [1.82, 2.24) is 19.8 Å². The minimum Gasteiger partial charge on any atom is -0.352 e. The van der Waals surface area contributed by atoms with Crippen LogP contribution in [0.15, 0.2) is 83.5 Å². The maximum Gasteiger partial charge on any atom is 0.226 e. The van der Waals surface area contributed by atoms with Gasteiger partial charge in [-0.05, 0) is 87.1 Å². The average Bonchev–Trinajstić information content (AvgIpc) is 3.39. The number of aromatic nitrogens is 2. The van der Waals surface area contributed by atoms with Gasteiger partial charge in [0.2, 0.25) is 5.91 Å². The number of benzene rings is 2. The van der Waals surface area contributed by atoms with Crippen LogP contribution in [0.5, 0.6) is 0 Å². The minimum atomic E-state index is -0.139. The summed E-state index contributed by atoms with van der Waals surface area (Å²) in [6.07, 6.45) is 2.12. The third-order valence-corrected chi connectivity index (χ3v) is 7.81. The number of nitrogens with zero attached hydrogens (tertiary/aromatic N) is 3. The lowest BCUT2D eigenvalue weighted by Crippen LogP contribution is -2.32. The molecule has 0 aliphatic carbocycles. The van der Waals surface area contributed by atoms with Crippen LogP contribution in [-0.4, -0.2) is 32.0 Å².